The molecule has 0 unspecified atom stereocenters. The van der Waals surface area contributed by atoms with Crippen LogP contribution in [0.25, 0.3) is 16.7 Å². The summed E-state index contributed by atoms with van der Waals surface area (Å²) >= 11 is 6.13. The van der Waals surface area contributed by atoms with E-state index in [1.165, 1.54) is 0 Å². The van der Waals surface area contributed by atoms with Crippen LogP contribution < -0.4 is 0 Å². The number of fused-ring (bicyclic) bond motifs is 1. The molecule has 3 rings (SSSR count). The first-order chi connectivity index (χ1) is 11.5. The molecule has 1 N–H and O–H groups in total. The van der Waals surface area contributed by atoms with Crippen molar-refractivity contribution < 1.29 is 5.11 Å². The number of hydrogen-bond acceptors (Lipinski definition) is 3. The van der Waals surface area contributed by atoms with Crippen molar-refractivity contribution in [3.05, 3.63) is 46.5 Å². The van der Waals surface area contributed by atoms with Gasteiger partial charge in [0.05, 0.1) is 5.52 Å². The number of rotatable bonds is 1. The number of nitrogens with zero attached hydrogens (tertiary/aromatic N) is 3. The Kier molecular flexibility index (Phi) is 4.07. The quantitative estimate of drug-likeness (QED) is 0.636. The number of benzene rings is 2. The SMILES string of the molecule is CC(C)(C)c1ccc(-n2nnc3ccc(Cl)cc32)c(O)c1C(C)(C)C. The topological polar surface area (TPSA) is 50.9 Å². The minimum Gasteiger partial charge on any atom is -0.505 e. The zero-order valence-electron chi connectivity index (χ0n) is 15.6. The second-order valence-electron chi connectivity index (χ2n) is 8.49. The Morgan fingerprint density at radius 2 is 1.64 bits per heavy atom. The van der Waals surface area contributed by atoms with E-state index in [1.807, 2.05) is 18.2 Å². The molecule has 25 heavy (non-hydrogen) atoms. The van der Waals surface area contributed by atoms with Gasteiger partial charge in [-0.05, 0) is 40.7 Å². The zero-order chi connectivity index (χ0) is 18.6. The molecule has 2 aromatic carbocycles. The largest absolute Gasteiger partial charge is 0.505 e. The summed E-state index contributed by atoms with van der Waals surface area (Å²) in [5.41, 5.74) is 3.89. The molecular weight excluding hydrogens is 334 g/mol. The van der Waals surface area contributed by atoms with Gasteiger partial charge in [-0.2, -0.15) is 0 Å². The van der Waals surface area contributed by atoms with Crippen LogP contribution in [0, 0.1) is 0 Å². The number of aromatic hydroxyl groups is 1. The third-order valence-corrected chi connectivity index (χ3v) is 4.59. The maximum absolute atomic E-state index is 11.1. The summed E-state index contributed by atoms with van der Waals surface area (Å²) in [6, 6.07) is 9.40. The van der Waals surface area contributed by atoms with Crippen molar-refractivity contribution in [2.45, 2.75) is 52.4 Å². The lowest BCUT2D eigenvalue weighted by Gasteiger charge is -2.31. The highest BCUT2D eigenvalue weighted by molar-refractivity contribution is 6.31. The van der Waals surface area contributed by atoms with Crippen LogP contribution in [0.5, 0.6) is 5.75 Å². The molecule has 0 spiro atoms. The number of phenols is 1. The molecule has 1 heterocycles. The minimum atomic E-state index is -0.212. The van der Waals surface area contributed by atoms with E-state index in [1.54, 1.807) is 10.7 Å². The van der Waals surface area contributed by atoms with Crippen molar-refractivity contribution in [2.75, 3.05) is 0 Å². The van der Waals surface area contributed by atoms with Crippen LogP contribution in [-0.4, -0.2) is 20.1 Å². The van der Waals surface area contributed by atoms with Crippen molar-refractivity contribution in [3.8, 4) is 11.4 Å². The van der Waals surface area contributed by atoms with Crippen molar-refractivity contribution in [1.82, 2.24) is 15.0 Å². The molecule has 1 aromatic heterocycles. The van der Waals surface area contributed by atoms with Gasteiger partial charge in [0, 0.05) is 10.6 Å². The van der Waals surface area contributed by atoms with Crippen LogP contribution in [-0.2, 0) is 10.8 Å². The number of aromatic nitrogens is 3. The lowest BCUT2D eigenvalue weighted by molar-refractivity contribution is 0.431. The number of phenolic OH excluding ortho intramolecular Hbond substituents is 1. The normalized spacial score (nSPS) is 12.8. The number of hydrogen-bond donors (Lipinski definition) is 1. The van der Waals surface area contributed by atoms with E-state index in [9.17, 15) is 5.11 Å². The van der Waals surface area contributed by atoms with Crippen molar-refractivity contribution >= 4 is 22.6 Å². The molecule has 0 radical (unpaired) electrons. The summed E-state index contributed by atoms with van der Waals surface area (Å²) in [7, 11) is 0. The molecule has 3 aromatic rings. The van der Waals surface area contributed by atoms with E-state index in [4.69, 9.17) is 11.6 Å². The lowest BCUT2D eigenvalue weighted by Crippen LogP contribution is -2.22. The summed E-state index contributed by atoms with van der Waals surface area (Å²) in [4.78, 5) is 0. The van der Waals surface area contributed by atoms with Crippen molar-refractivity contribution in [1.29, 1.82) is 0 Å². The molecule has 0 amide bonds. The highest BCUT2D eigenvalue weighted by Gasteiger charge is 2.30. The predicted octanol–water partition coefficient (Wildman–Crippen LogP) is 5.37. The fourth-order valence-corrected chi connectivity index (χ4v) is 3.37. The zero-order valence-corrected chi connectivity index (χ0v) is 16.3. The molecule has 0 fully saturated rings. The van der Waals surface area contributed by atoms with Crippen LogP contribution in [0.1, 0.15) is 52.7 Å². The first-order valence-corrected chi connectivity index (χ1v) is 8.76. The molecule has 0 bridgehead atoms. The molecule has 0 aliphatic heterocycles. The van der Waals surface area contributed by atoms with Gasteiger partial charge in [0.25, 0.3) is 0 Å². The lowest BCUT2D eigenvalue weighted by atomic mass is 9.74. The van der Waals surface area contributed by atoms with Crippen LogP contribution in [0.2, 0.25) is 5.02 Å². The van der Waals surface area contributed by atoms with Crippen LogP contribution in [0.15, 0.2) is 30.3 Å². The molecule has 0 atom stereocenters. The van der Waals surface area contributed by atoms with E-state index in [-0.39, 0.29) is 16.6 Å². The smallest absolute Gasteiger partial charge is 0.145 e. The van der Waals surface area contributed by atoms with E-state index in [0.29, 0.717) is 10.7 Å². The second kappa shape index (κ2) is 5.73. The first kappa shape index (κ1) is 17.7. The van der Waals surface area contributed by atoms with Crippen LogP contribution in [0.3, 0.4) is 0 Å². The Morgan fingerprint density at radius 3 is 2.24 bits per heavy atom. The van der Waals surface area contributed by atoms with Gasteiger partial charge in [-0.15, -0.1) is 5.10 Å². The summed E-state index contributed by atoms with van der Waals surface area (Å²) in [6.45, 7) is 12.8. The molecule has 4 nitrogen and oxygen atoms in total. The Labute approximate surface area is 153 Å². The summed E-state index contributed by atoms with van der Waals surface area (Å²) in [6.07, 6.45) is 0. The maximum atomic E-state index is 11.1. The Hall–Kier alpha value is -2.07. The van der Waals surface area contributed by atoms with Gasteiger partial charge in [-0.3, -0.25) is 0 Å². The van der Waals surface area contributed by atoms with Crippen molar-refractivity contribution in [2.24, 2.45) is 0 Å². The highest BCUT2D eigenvalue weighted by Crippen LogP contribution is 2.42. The molecule has 5 heteroatoms. The Balaban J connectivity index is 2.33. The highest BCUT2D eigenvalue weighted by atomic mass is 35.5. The monoisotopic (exact) mass is 357 g/mol. The average molecular weight is 358 g/mol. The van der Waals surface area contributed by atoms with Crippen molar-refractivity contribution in [3.63, 3.8) is 0 Å². The van der Waals surface area contributed by atoms with E-state index < -0.39 is 0 Å². The fraction of sp³-hybridized carbons (Fsp3) is 0.400. The van der Waals surface area contributed by atoms with Gasteiger partial charge < -0.3 is 5.11 Å². The average Bonchev–Trinajstić information content (AvgIpc) is 2.87. The van der Waals surface area contributed by atoms with Gasteiger partial charge in [0.15, 0.2) is 0 Å². The second-order valence-corrected chi connectivity index (χ2v) is 8.93. The Morgan fingerprint density at radius 1 is 0.960 bits per heavy atom. The van der Waals surface area contributed by atoms with E-state index in [2.05, 4.69) is 57.9 Å². The molecule has 0 saturated heterocycles. The van der Waals surface area contributed by atoms with Gasteiger partial charge in [0.1, 0.15) is 17.0 Å². The van der Waals surface area contributed by atoms with E-state index in [0.717, 1.165) is 22.2 Å². The first-order valence-electron chi connectivity index (χ1n) is 8.38. The predicted molar refractivity (Wildman–Crippen MR) is 103 cm³/mol. The van der Waals surface area contributed by atoms with Crippen LogP contribution in [0.4, 0.5) is 0 Å². The summed E-state index contributed by atoms with van der Waals surface area (Å²) in [5.74, 6) is 0.242. The van der Waals surface area contributed by atoms with E-state index >= 15 is 0 Å². The van der Waals surface area contributed by atoms with Gasteiger partial charge in [-0.25, -0.2) is 4.68 Å². The maximum Gasteiger partial charge on any atom is 0.145 e. The fourth-order valence-electron chi connectivity index (χ4n) is 3.21. The van der Waals surface area contributed by atoms with Crippen LogP contribution >= 0.6 is 11.6 Å². The van der Waals surface area contributed by atoms with Gasteiger partial charge in [-0.1, -0.05) is 64.4 Å². The molecule has 0 aliphatic rings. The third kappa shape index (κ3) is 3.11. The Bertz CT molecular complexity index is 946. The molecular formula is C20H24ClN3O. The number of halogens is 1. The minimum absolute atomic E-state index is 0.0770. The molecule has 0 aliphatic carbocycles. The summed E-state index contributed by atoms with van der Waals surface area (Å²) < 4.78 is 1.65. The molecule has 132 valence electrons. The summed E-state index contributed by atoms with van der Waals surface area (Å²) in [5, 5.41) is 20.2. The molecule has 0 saturated carbocycles. The van der Waals surface area contributed by atoms with Gasteiger partial charge >= 0.3 is 0 Å². The third-order valence-electron chi connectivity index (χ3n) is 4.35. The standard InChI is InChI=1S/C20H24ClN3O/c1-19(2,3)13-8-10-15(18(25)17(13)20(4,5)6)24-16-11-12(21)7-9-14(16)22-23-24/h7-11,25H,1-6H3. The van der Waals surface area contributed by atoms with Gasteiger partial charge in [0.2, 0.25) is 0 Å².